The van der Waals surface area contributed by atoms with Crippen LogP contribution in [0.25, 0.3) is 0 Å². The third kappa shape index (κ3) is 57.2. The molecule has 0 saturated carbocycles. The van der Waals surface area contributed by atoms with Gasteiger partial charge >= 0.3 is 39.5 Å². The van der Waals surface area contributed by atoms with E-state index >= 15 is 0 Å². The molecule has 0 aliphatic heterocycles. The van der Waals surface area contributed by atoms with Crippen molar-refractivity contribution in [2.45, 2.75) is 324 Å². The summed E-state index contributed by atoms with van der Waals surface area (Å²) in [4.78, 5) is 71.9. The van der Waals surface area contributed by atoms with Gasteiger partial charge in [0, 0.05) is 25.7 Å². The van der Waals surface area contributed by atoms with E-state index < -0.39 is 97.5 Å². The summed E-state index contributed by atoms with van der Waals surface area (Å²) in [6.45, 7) is 11.6. The Morgan fingerprint density at radius 3 is 0.829 bits per heavy atom. The summed E-state index contributed by atoms with van der Waals surface area (Å²) in [5.74, 6) is 0.0727. The molecule has 486 valence electrons. The van der Waals surface area contributed by atoms with Gasteiger partial charge in [-0.2, -0.15) is 0 Å². The third-order valence-corrected chi connectivity index (χ3v) is 16.3. The van der Waals surface area contributed by atoms with Gasteiger partial charge < -0.3 is 33.8 Å². The standard InChI is InChI=1S/C63H122O17P2/c1-8-9-10-27-37-44-60(65)73-50-58(79-63(68)47-40-33-26-20-18-23-30-36-43-56(6)7)52-77-81(69,70)75-48-57(64)49-76-82(71,72)78-53-59(51-74-61(66)45-38-31-24-19-17-22-29-35-42-55(4)5)80-62(67)46-39-32-25-16-14-12-11-13-15-21-28-34-41-54(2)3/h54-59,64H,8-53H2,1-7H3,(H,69,70)(H,71,72)/t57-,58+,59+/m0/s1. The van der Waals surface area contributed by atoms with Crippen LogP contribution in [-0.4, -0.2) is 96.7 Å². The highest BCUT2D eigenvalue weighted by atomic mass is 31.2. The Morgan fingerprint density at radius 1 is 0.329 bits per heavy atom. The van der Waals surface area contributed by atoms with Gasteiger partial charge in [-0.1, -0.05) is 254 Å². The maximum absolute atomic E-state index is 13.0. The molecule has 0 heterocycles. The summed E-state index contributed by atoms with van der Waals surface area (Å²) in [6.07, 6.45) is 35.2. The summed E-state index contributed by atoms with van der Waals surface area (Å²) in [5.41, 5.74) is 0. The number of esters is 4. The van der Waals surface area contributed by atoms with Crippen molar-refractivity contribution < 1.29 is 80.2 Å². The summed E-state index contributed by atoms with van der Waals surface area (Å²) in [5, 5.41) is 10.5. The Labute approximate surface area is 498 Å². The molecule has 0 aliphatic carbocycles. The second-order valence-electron chi connectivity index (χ2n) is 24.2. The monoisotopic (exact) mass is 1210 g/mol. The Hall–Kier alpha value is -1.94. The zero-order valence-electron chi connectivity index (χ0n) is 52.9. The smallest absolute Gasteiger partial charge is 0.462 e. The highest BCUT2D eigenvalue weighted by Crippen LogP contribution is 2.45. The van der Waals surface area contributed by atoms with Crippen molar-refractivity contribution in [3.05, 3.63) is 0 Å². The molecular formula is C63H122O17P2. The first-order valence-corrected chi connectivity index (χ1v) is 35.8. The highest BCUT2D eigenvalue weighted by Gasteiger charge is 2.30. The molecule has 0 spiro atoms. The molecule has 82 heavy (non-hydrogen) atoms. The van der Waals surface area contributed by atoms with Crippen LogP contribution >= 0.6 is 15.6 Å². The molecule has 3 N–H and O–H groups in total. The first-order chi connectivity index (χ1) is 39.2. The van der Waals surface area contributed by atoms with Crippen LogP contribution in [0.2, 0.25) is 0 Å². The Kier molecular flexibility index (Phi) is 53.2. The van der Waals surface area contributed by atoms with Gasteiger partial charge in [0.1, 0.15) is 19.3 Å². The number of phosphoric ester groups is 2. The van der Waals surface area contributed by atoms with E-state index in [0.29, 0.717) is 25.7 Å². The van der Waals surface area contributed by atoms with Crippen LogP contribution in [0.1, 0.15) is 305 Å². The van der Waals surface area contributed by atoms with Gasteiger partial charge in [-0.15, -0.1) is 0 Å². The third-order valence-electron chi connectivity index (χ3n) is 14.4. The number of rotatable bonds is 61. The van der Waals surface area contributed by atoms with Crippen molar-refractivity contribution in [2.24, 2.45) is 17.8 Å². The van der Waals surface area contributed by atoms with Gasteiger partial charge in [0.2, 0.25) is 0 Å². The first kappa shape index (κ1) is 80.1. The maximum atomic E-state index is 13.0. The summed E-state index contributed by atoms with van der Waals surface area (Å²) < 4.78 is 67.8. The van der Waals surface area contributed by atoms with Gasteiger partial charge in [-0.05, 0) is 43.4 Å². The predicted molar refractivity (Wildman–Crippen MR) is 326 cm³/mol. The fourth-order valence-electron chi connectivity index (χ4n) is 9.30. The molecular weight excluding hydrogens is 1090 g/mol. The number of carbonyl (C=O) groups is 4. The van der Waals surface area contributed by atoms with E-state index in [4.69, 9.17) is 37.0 Å². The Balaban J connectivity index is 5.18. The van der Waals surface area contributed by atoms with Crippen molar-refractivity contribution in [1.29, 1.82) is 0 Å². The fourth-order valence-corrected chi connectivity index (χ4v) is 10.9. The second kappa shape index (κ2) is 54.5. The minimum absolute atomic E-state index is 0.103. The van der Waals surface area contributed by atoms with Crippen LogP contribution in [0.15, 0.2) is 0 Å². The summed E-state index contributed by atoms with van der Waals surface area (Å²) >= 11 is 0. The van der Waals surface area contributed by atoms with Crippen molar-refractivity contribution in [1.82, 2.24) is 0 Å². The molecule has 0 aliphatic rings. The number of hydrogen-bond acceptors (Lipinski definition) is 15. The maximum Gasteiger partial charge on any atom is 0.472 e. The lowest BCUT2D eigenvalue weighted by atomic mass is 10.0. The SMILES string of the molecule is CCCCCCCC(=O)OC[C@H](COP(=O)(O)OC[C@H](O)COP(=O)(O)OC[C@@H](COC(=O)CCCCCCCCCCC(C)C)OC(=O)CCCCCCCCCCCCCCC(C)C)OC(=O)CCCCCCCCCCC(C)C. The fraction of sp³-hybridized carbons (Fsp3) is 0.937. The molecule has 0 rings (SSSR count). The molecule has 17 nitrogen and oxygen atoms in total. The first-order valence-electron chi connectivity index (χ1n) is 32.8. The van der Waals surface area contributed by atoms with Gasteiger partial charge in [0.05, 0.1) is 26.4 Å². The van der Waals surface area contributed by atoms with Crippen LogP contribution in [0.3, 0.4) is 0 Å². The van der Waals surface area contributed by atoms with E-state index in [1.165, 1.54) is 109 Å². The number of ether oxygens (including phenoxy) is 4. The minimum atomic E-state index is -4.94. The van der Waals surface area contributed by atoms with E-state index in [1.54, 1.807) is 0 Å². The number of phosphoric acid groups is 2. The van der Waals surface area contributed by atoms with Crippen LogP contribution in [0, 0.1) is 17.8 Å². The van der Waals surface area contributed by atoms with E-state index in [-0.39, 0.29) is 25.7 Å². The molecule has 5 atom stereocenters. The number of unbranched alkanes of at least 4 members (excludes halogenated alkanes) is 29. The highest BCUT2D eigenvalue weighted by molar-refractivity contribution is 7.47. The second-order valence-corrected chi connectivity index (χ2v) is 27.1. The van der Waals surface area contributed by atoms with Crippen LogP contribution in [0.4, 0.5) is 0 Å². The predicted octanol–water partition coefficient (Wildman–Crippen LogP) is 17.1. The lowest BCUT2D eigenvalue weighted by Gasteiger charge is -2.21. The molecule has 0 bridgehead atoms. The van der Waals surface area contributed by atoms with E-state index in [2.05, 4.69) is 48.5 Å². The zero-order chi connectivity index (χ0) is 61.0. The summed E-state index contributed by atoms with van der Waals surface area (Å²) in [7, 11) is -9.88. The Morgan fingerprint density at radius 2 is 0.561 bits per heavy atom. The number of hydrogen-bond donors (Lipinski definition) is 3. The topological polar surface area (TPSA) is 237 Å². The zero-order valence-corrected chi connectivity index (χ0v) is 54.7. The van der Waals surface area contributed by atoms with Crippen molar-refractivity contribution in [3.8, 4) is 0 Å². The molecule has 0 aromatic rings. The molecule has 0 saturated heterocycles. The van der Waals surface area contributed by atoms with Gasteiger partial charge in [0.15, 0.2) is 12.2 Å². The quantitative estimate of drug-likeness (QED) is 0.0222. The number of aliphatic hydroxyl groups is 1. The molecule has 0 fully saturated rings. The van der Waals surface area contributed by atoms with Gasteiger partial charge in [-0.25, -0.2) is 9.13 Å². The molecule has 0 aromatic carbocycles. The van der Waals surface area contributed by atoms with Gasteiger partial charge in [0.25, 0.3) is 0 Å². The molecule has 0 aromatic heterocycles. The largest absolute Gasteiger partial charge is 0.472 e. The van der Waals surface area contributed by atoms with E-state index in [1.807, 2.05) is 0 Å². The average molecular weight is 1210 g/mol. The van der Waals surface area contributed by atoms with Gasteiger partial charge in [-0.3, -0.25) is 37.3 Å². The number of carbonyl (C=O) groups excluding carboxylic acids is 4. The molecule has 2 unspecified atom stereocenters. The molecule has 19 heteroatoms. The Bertz CT molecular complexity index is 1630. The number of aliphatic hydroxyl groups excluding tert-OH is 1. The normalized spacial score (nSPS) is 14.4. The van der Waals surface area contributed by atoms with Crippen LogP contribution in [0.5, 0.6) is 0 Å². The van der Waals surface area contributed by atoms with Crippen molar-refractivity contribution in [2.75, 3.05) is 39.6 Å². The average Bonchev–Trinajstić information content (AvgIpc) is 3.43. The van der Waals surface area contributed by atoms with E-state index in [0.717, 1.165) is 114 Å². The summed E-state index contributed by atoms with van der Waals surface area (Å²) in [6, 6.07) is 0. The minimum Gasteiger partial charge on any atom is -0.462 e. The lowest BCUT2D eigenvalue weighted by molar-refractivity contribution is -0.161. The van der Waals surface area contributed by atoms with Crippen molar-refractivity contribution in [3.63, 3.8) is 0 Å². The van der Waals surface area contributed by atoms with Crippen LogP contribution in [-0.2, 0) is 65.4 Å². The lowest BCUT2D eigenvalue weighted by Crippen LogP contribution is -2.30. The molecule has 0 amide bonds. The van der Waals surface area contributed by atoms with Crippen molar-refractivity contribution >= 4 is 39.5 Å². The van der Waals surface area contributed by atoms with Crippen LogP contribution < -0.4 is 0 Å². The molecule has 0 radical (unpaired) electrons. The van der Waals surface area contributed by atoms with E-state index in [9.17, 15) is 43.2 Å².